The molecule has 0 fully saturated rings. The number of fused-ring (bicyclic) bond motifs is 1. The van der Waals surface area contributed by atoms with Gasteiger partial charge in [0.25, 0.3) is 10.1 Å². The van der Waals surface area contributed by atoms with Crippen LogP contribution in [0.1, 0.15) is 5.56 Å². The highest BCUT2D eigenvalue weighted by atomic mass is 32.2. The molecule has 0 unspecified atom stereocenters. The first kappa shape index (κ1) is 24.9. The Morgan fingerprint density at radius 1 is 0.789 bits per heavy atom. The monoisotopic (exact) mass is 522 g/mol. The van der Waals surface area contributed by atoms with Gasteiger partial charge in [-0.1, -0.05) is 84.1 Å². The van der Waals surface area contributed by atoms with Gasteiger partial charge >= 0.3 is 0 Å². The van der Waals surface area contributed by atoms with E-state index >= 15 is 0 Å². The Labute approximate surface area is 219 Å². The maximum absolute atomic E-state index is 12.1. The third-order valence-electron chi connectivity index (χ3n) is 6.00. The van der Waals surface area contributed by atoms with E-state index in [9.17, 15) is 13.0 Å². The maximum Gasteiger partial charge on any atom is 0.295 e. The van der Waals surface area contributed by atoms with Crippen LogP contribution in [0.4, 0.5) is 17.1 Å². The molecule has 0 saturated heterocycles. The third kappa shape index (κ3) is 4.90. The van der Waals surface area contributed by atoms with Gasteiger partial charge in [-0.2, -0.15) is 8.42 Å². The van der Waals surface area contributed by atoms with Gasteiger partial charge in [0.2, 0.25) is 0 Å². The molecule has 10 heteroatoms. The highest BCUT2D eigenvalue weighted by Crippen LogP contribution is 2.41. The molecule has 0 saturated carbocycles. The number of rotatable bonds is 6. The van der Waals surface area contributed by atoms with Crippen molar-refractivity contribution in [3.05, 3.63) is 103 Å². The first-order valence-corrected chi connectivity index (χ1v) is 13.0. The summed E-state index contributed by atoms with van der Waals surface area (Å²) in [7, 11) is -4.55. The lowest BCUT2D eigenvalue weighted by molar-refractivity contribution is 0.484. The fourth-order valence-electron chi connectivity index (χ4n) is 4.33. The van der Waals surface area contributed by atoms with E-state index in [1.165, 1.54) is 6.07 Å². The molecule has 1 aromatic heterocycles. The SMILES string of the molecule is Cc1cc(N=Nc2cc(S(=O)(=O)O)c3ccccc3c2N=NN)cnc1-c1ccccc1-c1ccccc1. The summed E-state index contributed by atoms with van der Waals surface area (Å²) in [6.07, 6.45) is 1.59. The number of azo groups is 1. The van der Waals surface area contributed by atoms with Gasteiger partial charge in [0.05, 0.1) is 11.9 Å². The van der Waals surface area contributed by atoms with Gasteiger partial charge in [-0.15, -0.1) is 15.3 Å². The second-order valence-electron chi connectivity index (χ2n) is 8.45. The number of nitrogens with two attached hydrogens (primary N) is 1. The quantitative estimate of drug-likeness (QED) is 0.103. The Kier molecular flexibility index (Phi) is 6.73. The molecule has 38 heavy (non-hydrogen) atoms. The van der Waals surface area contributed by atoms with Gasteiger partial charge < -0.3 is 5.84 Å². The summed E-state index contributed by atoms with van der Waals surface area (Å²) in [5.41, 5.74) is 5.55. The average molecular weight is 523 g/mol. The highest BCUT2D eigenvalue weighted by molar-refractivity contribution is 7.86. The Morgan fingerprint density at radius 2 is 1.45 bits per heavy atom. The molecule has 0 bridgehead atoms. The topological polar surface area (TPSA) is 143 Å². The van der Waals surface area contributed by atoms with Crippen LogP contribution in [0.25, 0.3) is 33.2 Å². The van der Waals surface area contributed by atoms with Gasteiger partial charge in [0.1, 0.15) is 22.0 Å². The van der Waals surface area contributed by atoms with Crippen molar-refractivity contribution >= 4 is 38.0 Å². The fourth-order valence-corrected chi connectivity index (χ4v) is 5.05. The largest absolute Gasteiger partial charge is 0.305 e. The van der Waals surface area contributed by atoms with E-state index in [1.54, 1.807) is 30.5 Å². The zero-order chi connectivity index (χ0) is 26.7. The van der Waals surface area contributed by atoms with Gasteiger partial charge in [0.15, 0.2) is 0 Å². The van der Waals surface area contributed by atoms with E-state index in [-0.39, 0.29) is 21.7 Å². The lowest BCUT2D eigenvalue weighted by atomic mass is 9.95. The number of benzene rings is 4. The summed E-state index contributed by atoms with van der Waals surface area (Å²) < 4.78 is 34.0. The molecule has 188 valence electrons. The molecular formula is C28H22N6O3S. The lowest BCUT2D eigenvalue weighted by Gasteiger charge is -2.12. The van der Waals surface area contributed by atoms with E-state index < -0.39 is 10.1 Å². The maximum atomic E-state index is 12.1. The molecular weight excluding hydrogens is 500 g/mol. The van der Waals surface area contributed by atoms with E-state index in [1.807, 2.05) is 49.4 Å². The van der Waals surface area contributed by atoms with Crippen molar-refractivity contribution in [3.8, 4) is 22.4 Å². The van der Waals surface area contributed by atoms with Crippen LogP contribution in [-0.2, 0) is 10.1 Å². The van der Waals surface area contributed by atoms with E-state index in [4.69, 9.17) is 5.84 Å². The van der Waals surface area contributed by atoms with Crippen molar-refractivity contribution in [2.75, 3.05) is 0 Å². The minimum Gasteiger partial charge on any atom is -0.305 e. The van der Waals surface area contributed by atoms with Crippen LogP contribution in [0.15, 0.2) is 123 Å². The van der Waals surface area contributed by atoms with Crippen LogP contribution in [0.2, 0.25) is 0 Å². The van der Waals surface area contributed by atoms with Gasteiger partial charge in [-0.25, -0.2) is 0 Å². The van der Waals surface area contributed by atoms with Crippen molar-refractivity contribution in [3.63, 3.8) is 0 Å². The molecule has 0 radical (unpaired) electrons. The summed E-state index contributed by atoms with van der Waals surface area (Å²) in [5.74, 6) is 5.31. The van der Waals surface area contributed by atoms with Crippen LogP contribution in [0, 0.1) is 6.92 Å². The Bertz CT molecular complexity index is 1820. The average Bonchev–Trinajstić information content (AvgIpc) is 2.92. The molecule has 3 N–H and O–H groups in total. The molecule has 0 spiro atoms. The predicted molar refractivity (Wildman–Crippen MR) is 146 cm³/mol. The summed E-state index contributed by atoms with van der Waals surface area (Å²) in [6.45, 7) is 1.93. The van der Waals surface area contributed by atoms with Gasteiger partial charge in [-0.05, 0) is 35.7 Å². The third-order valence-corrected chi connectivity index (χ3v) is 6.89. The van der Waals surface area contributed by atoms with Crippen LogP contribution in [0.5, 0.6) is 0 Å². The van der Waals surface area contributed by atoms with Crippen LogP contribution in [0.3, 0.4) is 0 Å². The van der Waals surface area contributed by atoms with Gasteiger partial charge in [-0.3, -0.25) is 9.54 Å². The van der Waals surface area contributed by atoms with Crippen molar-refractivity contribution in [1.82, 2.24) is 4.98 Å². The Balaban J connectivity index is 1.57. The zero-order valence-electron chi connectivity index (χ0n) is 20.2. The number of pyridine rings is 1. The normalized spacial score (nSPS) is 12.1. The van der Waals surface area contributed by atoms with Crippen molar-refractivity contribution in [1.29, 1.82) is 0 Å². The van der Waals surface area contributed by atoms with E-state index in [0.29, 0.717) is 11.1 Å². The molecule has 0 aliphatic heterocycles. The molecule has 1 heterocycles. The molecule has 9 nitrogen and oxygen atoms in total. The molecule has 0 amide bonds. The number of aryl methyl sites for hydroxylation is 1. The van der Waals surface area contributed by atoms with Crippen LogP contribution >= 0.6 is 0 Å². The Morgan fingerprint density at radius 3 is 2.13 bits per heavy atom. The number of hydrogen-bond acceptors (Lipinski definition) is 7. The van der Waals surface area contributed by atoms with Crippen molar-refractivity contribution < 1.29 is 13.0 Å². The number of nitrogens with zero attached hydrogens (tertiary/aromatic N) is 5. The summed E-state index contributed by atoms with van der Waals surface area (Å²) in [5, 5.41) is 16.4. The van der Waals surface area contributed by atoms with E-state index in [0.717, 1.165) is 27.9 Å². The second kappa shape index (κ2) is 10.3. The Hall–Kier alpha value is -4.80. The van der Waals surface area contributed by atoms with Crippen LogP contribution in [-0.4, -0.2) is 18.0 Å². The molecule has 0 aliphatic carbocycles. The summed E-state index contributed by atoms with van der Waals surface area (Å²) in [4.78, 5) is 4.34. The minimum absolute atomic E-state index is 0.0710. The molecule has 5 rings (SSSR count). The minimum atomic E-state index is -4.55. The standard InChI is InChI=1S/C28H22N6O3S/c1-18-15-20(17-30-27(18)23-13-7-5-11-21(23)19-9-3-2-4-10-19)31-32-25-16-26(38(35,36)37)22-12-6-8-14-24(22)28(25)33-34-29/h2-17H,1H3,(H2,29,33)(H,35,36,37). The molecule has 5 aromatic rings. The lowest BCUT2D eigenvalue weighted by Crippen LogP contribution is -1.99. The highest BCUT2D eigenvalue weighted by Gasteiger charge is 2.20. The van der Waals surface area contributed by atoms with Crippen LogP contribution < -0.4 is 5.84 Å². The predicted octanol–water partition coefficient (Wildman–Crippen LogP) is 7.50. The number of aromatic nitrogens is 1. The molecule has 0 atom stereocenters. The van der Waals surface area contributed by atoms with Crippen molar-refractivity contribution in [2.45, 2.75) is 11.8 Å². The number of hydrogen-bond donors (Lipinski definition) is 2. The molecule has 0 aliphatic rings. The smallest absolute Gasteiger partial charge is 0.295 e. The fraction of sp³-hybridized carbons (Fsp3) is 0.0357. The summed E-state index contributed by atoms with van der Waals surface area (Å²) >= 11 is 0. The first-order valence-electron chi connectivity index (χ1n) is 11.5. The molecule has 4 aromatic carbocycles. The van der Waals surface area contributed by atoms with Crippen molar-refractivity contribution in [2.24, 2.45) is 26.4 Å². The van der Waals surface area contributed by atoms with Gasteiger partial charge in [0, 0.05) is 16.3 Å². The zero-order valence-corrected chi connectivity index (χ0v) is 21.0. The second-order valence-corrected chi connectivity index (χ2v) is 9.84. The summed E-state index contributed by atoms with van der Waals surface area (Å²) in [6, 6.07) is 27.7. The first-order chi connectivity index (χ1) is 18.4. The van der Waals surface area contributed by atoms with E-state index in [2.05, 4.69) is 43.7 Å².